The molecule has 0 amide bonds. The minimum atomic E-state index is -0.329. The standard InChI is InChI=1S/C23H23ClFN5O/c1-28(14-15-3-5-16(25)6-4-15)17-9-11-30(12-10-17)22-18(13-26)23(31)29(2)19-7-8-20(24)27-21(19)22/h3-8,17H,9-12,14H2,1-2H3. The van der Waals surface area contributed by atoms with Crippen molar-refractivity contribution in [2.75, 3.05) is 25.0 Å². The summed E-state index contributed by atoms with van der Waals surface area (Å²) in [5.41, 5.74) is 2.63. The summed E-state index contributed by atoms with van der Waals surface area (Å²) in [5.74, 6) is -0.233. The molecule has 3 heterocycles. The van der Waals surface area contributed by atoms with Gasteiger partial charge in [-0.2, -0.15) is 5.26 Å². The first-order valence-corrected chi connectivity index (χ1v) is 10.6. The first-order chi connectivity index (χ1) is 14.9. The van der Waals surface area contributed by atoms with Crippen molar-refractivity contribution >= 4 is 28.3 Å². The zero-order chi connectivity index (χ0) is 22.1. The van der Waals surface area contributed by atoms with E-state index in [9.17, 15) is 14.4 Å². The van der Waals surface area contributed by atoms with E-state index in [1.165, 1.54) is 16.7 Å². The van der Waals surface area contributed by atoms with E-state index >= 15 is 0 Å². The van der Waals surface area contributed by atoms with Crippen LogP contribution in [0, 0.1) is 17.1 Å². The Balaban J connectivity index is 1.58. The van der Waals surface area contributed by atoms with E-state index in [1.807, 2.05) is 0 Å². The largest absolute Gasteiger partial charge is 0.368 e. The number of aryl methyl sites for hydroxylation is 1. The summed E-state index contributed by atoms with van der Waals surface area (Å²) in [6.07, 6.45) is 1.75. The van der Waals surface area contributed by atoms with Crippen LogP contribution in [0.5, 0.6) is 0 Å². The number of piperidine rings is 1. The lowest BCUT2D eigenvalue weighted by molar-refractivity contribution is 0.200. The number of rotatable bonds is 4. The maximum atomic E-state index is 13.2. The molecule has 2 aromatic heterocycles. The van der Waals surface area contributed by atoms with E-state index in [0.717, 1.165) is 24.9 Å². The fourth-order valence-electron chi connectivity index (χ4n) is 4.32. The number of benzene rings is 1. The molecular weight excluding hydrogens is 417 g/mol. The van der Waals surface area contributed by atoms with E-state index in [-0.39, 0.29) is 16.9 Å². The molecule has 0 saturated carbocycles. The van der Waals surface area contributed by atoms with Crippen molar-refractivity contribution in [3.63, 3.8) is 0 Å². The van der Waals surface area contributed by atoms with Crippen molar-refractivity contribution in [3.8, 4) is 6.07 Å². The fourth-order valence-corrected chi connectivity index (χ4v) is 4.46. The Kier molecular flexibility index (Phi) is 5.94. The average molecular weight is 440 g/mol. The number of anilines is 1. The molecule has 1 fully saturated rings. The summed E-state index contributed by atoms with van der Waals surface area (Å²) in [6, 6.07) is 12.4. The second kappa shape index (κ2) is 8.66. The highest BCUT2D eigenvalue weighted by atomic mass is 35.5. The number of fused-ring (bicyclic) bond motifs is 1. The van der Waals surface area contributed by atoms with Crippen molar-refractivity contribution in [1.29, 1.82) is 5.26 Å². The van der Waals surface area contributed by atoms with E-state index in [2.05, 4.69) is 27.9 Å². The summed E-state index contributed by atoms with van der Waals surface area (Å²) in [5, 5.41) is 10.0. The maximum Gasteiger partial charge on any atom is 0.270 e. The maximum absolute atomic E-state index is 13.2. The summed E-state index contributed by atoms with van der Waals surface area (Å²) in [6.45, 7) is 2.13. The molecule has 1 aliphatic heterocycles. The van der Waals surface area contributed by atoms with Crippen LogP contribution in [0.1, 0.15) is 24.0 Å². The molecule has 8 heteroatoms. The lowest BCUT2D eigenvalue weighted by Crippen LogP contribution is -2.44. The number of nitriles is 1. The van der Waals surface area contributed by atoms with Crippen molar-refractivity contribution in [2.24, 2.45) is 7.05 Å². The molecule has 0 aliphatic carbocycles. The average Bonchev–Trinajstić information content (AvgIpc) is 2.77. The van der Waals surface area contributed by atoms with Gasteiger partial charge in [-0.05, 0) is 49.7 Å². The molecule has 0 N–H and O–H groups in total. The van der Waals surface area contributed by atoms with Gasteiger partial charge in [0.15, 0.2) is 0 Å². The zero-order valence-corrected chi connectivity index (χ0v) is 18.2. The minimum Gasteiger partial charge on any atom is -0.368 e. The fraction of sp³-hybridized carbons (Fsp3) is 0.348. The third-order valence-corrected chi connectivity index (χ3v) is 6.25. The van der Waals surface area contributed by atoms with Gasteiger partial charge < -0.3 is 9.47 Å². The molecule has 6 nitrogen and oxygen atoms in total. The second-order valence-electron chi connectivity index (χ2n) is 7.96. The van der Waals surface area contributed by atoms with Gasteiger partial charge in [-0.3, -0.25) is 9.69 Å². The van der Waals surface area contributed by atoms with Crippen molar-refractivity contribution in [2.45, 2.75) is 25.4 Å². The van der Waals surface area contributed by atoms with E-state index < -0.39 is 0 Å². The third kappa shape index (κ3) is 4.14. The smallest absolute Gasteiger partial charge is 0.270 e. The molecule has 1 saturated heterocycles. The van der Waals surface area contributed by atoms with Crippen molar-refractivity contribution in [1.82, 2.24) is 14.5 Å². The Bertz CT molecular complexity index is 1210. The predicted molar refractivity (Wildman–Crippen MR) is 120 cm³/mol. The molecule has 0 unspecified atom stereocenters. The number of hydrogen-bond acceptors (Lipinski definition) is 5. The van der Waals surface area contributed by atoms with E-state index in [4.69, 9.17) is 11.6 Å². The number of hydrogen-bond donors (Lipinski definition) is 0. The van der Waals surface area contributed by atoms with Crippen LogP contribution in [0.25, 0.3) is 11.0 Å². The Labute approximate surface area is 185 Å². The zero-order valence-electron chi connectivity index (χ0n) is 17.5. The number of aromatic nitrogens is 2. The molecule has 0 atom stereocenters. The van der Waals surface area contributed by atoms with Crippen LogP contribution in [-0.2, 0) is 13.6 Å². The molecule has 0 radical (unpaired) electrons. The monoisotopic (exact) mass is 439 g/mol. The molecule has 31 heavy (non-hydrogen) atoms. The number of nitrogens with zero attached hydrogens (tertiary/aromatic N) is 5. The van der Waals surface area contributed by atoms with Crippen LogP contribution < -0.4 is 10.5 Å². The Morgan fingerprint density at radius 2 is 1.90 bits per heavy atom. The van der Waals surface area contributed by atoms with E-state index in [0.29, 0.717) is 41.0 Å². The summed E-state index contributed by atoms with van der Waals surface area (Å²) in [7, 11) is 3.71. The second-order valence-corrected chi connectivity index (χ2v) is 8.35. The number of halogens is 2. The van der Waals surface area contributed by atoms with Crippen LogP contribution >= 0.6 is 11.6 Å². The molecule has 1 aliphatic rings. The van der Waals surface area contributed by atoms with Gasteiger partial charge >= 0.3 is 0 Å². The van der Waals surface area contributed by atoms with Gasteiger partial charge in [0.2, 0.25) is 0 Å². The minimum absolute atomic E-state index is 0.0999. The summed E-state index contributed by atoms with van der Waals surface area (Å²) < 4.78 is 14.6. The molecule has 0 bridgehead atoms. The van der Waals surface area contributed by atoms with E-state index in [1.54, 1.807) is 31.3 Å². The van der Waals surface area contributed by atoms with Crippen LogP contribution in [0.4, 0.5) is 10.1 Å². The first-order valence-electron chi connectivity index (χ1n) is 10.2. The van der Waals surface area contributed by atoms with Crippen LogP contribution in [0.3, 0.4) is 0 Å². The van der Waals surface area contributed by atoms with Crippen molar-refractivity contribution in [3.05, 3.63) is 68.8 Å². The Hall–Kier alpha value is -2.95. The molecule has 0 spiro atoms. The topological polar surface area (TPSA) is 65.2 Å². The summed E-state index contributed by atoms with van der Waals surface area (Å²) in [4.78, 5) is 21.6. The van der Waals surface area contributed by atoms with Crippen LogP contribution in [0.2, 0.25) is 5.15 Å². The first kappa shape index (κ1) is 21.3. The van der Waals surface area contributed by atoms with Crippen LogP contribution in [0.15, 0.2) is 41.2 Å². The van der Waals surface area contributed by atoms with Gasteiger partial charge in [-0.1, -0.05) is 23.7 Å². The normalized spacial score (nSPS) is 14.9. The summed E-state index contributed by atoms with van der Waals surface area (Å²) >= 11 is 6.14. The molecule has 160 valence electrons. The lowest BCUT2D eigenvalue weighted by Gasteiger charge is -2.38. The van der Waals surface area contributed by atoms with Crippen molar-refractivity contribution < 1.29 is 4.39 Å². The van der Waals surface area contributed by atoms with Gasteiger partial charge in [0, 0.05) is 32.7 Å². The van der Waals surface area contributed by atoms with Gasteiger partial charge in [-0.15, -0.1) is 0 Å². The Morgan fingerprint density at radius 3 is 2.55 bits per heavy atom. The highest BCUT2D eigenvalue weighted by molar-refractivity contribution is 6.29. The molecular formula is C23H23ClFN5O. The van der Waals surface area contributed by atoms with Crippen LogP contribution in [-0.4, -0.2) is 40.6 Å². The highest BCUT2D eigenvalue weighted by Crippen LogP contribution is 2.31. The quantitative estimate of drug-likeness (QED) is 0.580. The highest BCUT2D eigenvalue weighted by Gasteiger charge is 2.27. The SMILES string of the molecule is CN(Cc1ccc(F)cc1)C1CCN(c2c(C#N)c(=O)n(C)c3ccc(Cl)nc23)CC1. The molecule has 3 aromatic rings. The van der Waals surface area contributed by atoms with Gasteiger partial charge in [0.1, 0.15) is 28.1 Å². The van der Waals surface area contributed by atoms with Gasteiger partial charge in [-0.25, -0.2) is 9.37 Å². The number of pyridine rings is 2. The molecule has 4 rings (SSSR count). The predicted octanol–water partition coefficient (Wildman–Crippen LogP) is 3.70. The molecule has 1 aromatic carbocycles. The van der Waals surface area contributed by atoms with Gasteiger partial charge in [0.05, 0.1) is 11.2 Å². The Morgan fingerprint density at radius 1 is 1.23 bits per heavy atom. The third-order valence-electron chi connectivity index (χ3n) is 6.04. The lowest BCUT2D eigenvalue weighted by atomic mass is 10.0. The van der Waals surface area contributed by atoms with Gasteiger partial charge in [0.25, 0.3) is 5.56 Å².